The smallest absolute Gasteiger partial charge is 0.267 e. The number of pyridine rings is 2. The number of ether oxygens (including phenoxy) is 1. The van der Waals surface area contributed by atoms with Gasteiger partial charge in [0, 0.05) is 48.7 Å². The van der Waals surface area contributed by atoms with E-state index in [4.69, 9.17) is 9.84 Å². The summed E-state index contributed by atoms with van der Waals surface area (Å²) in [7, 11) is 0. The number of carbonyl (C=O) groups is 1. The van der Waals surface area contributed by atoms with Crippen molar-refractivity contribution in [3.8, 4) is 28.3 Å². The van der Waals surface area contributed by atoms with Crippen molar-refractivity contribution >= 4 is 11.4 Å². The number of hydrogen-bond acceptors (Lipinski definition) is 6. The van der Waals surface area contributed by atoms with Gasteiger partial charge < -0.3 is 10.1 Å². The van der Waals surface area contributed by atoms with E-state index in [0.29, 0.717) is 24.4 Å². The molecule has 0 saturated heterocycles. The molecule has 0 bridgehead atoms. The van der Waals surface area contributed by atoms with Gasteiger partial charge >= 0.3 is 0 Å². The summed E-state index contributed by atoms with van der Waals surface area (Å²) in [6.45, 7) is 4.19. The van der Waals surface area contributed by atoms with Crippen LogP contribution in [0.5, 0.6) is 5.75 Å². The maximum absolute atomic E-state index is 12.4. The van der Waals surface area contributed by atoms with Gasteiger partial charge in [0.25, 0.3) is 11.5 Å². The van der Waals surface area contributed by atoms with Crippen molar-refractivity contribution in [2.45, 2.75) is 26.3 Å². The third kappa shape index (κ3) is 5.46. The van der Waals surface area contributed by atoms with Crippen LogP contribution < -0.4 is 15.6 Å². The first-order chi connectivity index (χ1) is 18.5. The zero-order valence-electron chi connectivity index (χ0n) is 21.2. The summed E-state index contributed by atoms with van der Waals surface area (Å²) in [5, 5.41) is 12.3. The van der Waals surface area contributed by atoms with Gasteiger partial charge in [-0.3, -0.25) is 14.6 Å². The van der Waals surface area contributed by atoms with E-state index in [9.17, 15) is 9.59 Å². The number of amides is 1. The molecule has 0 aliphatic rings. The highest BCUT2D eigenvalue weighted by Gasteiger charge is 2.19. The van der Waals surface area contributed by atoms with Crippen molar-refractivity contribution in [2.24, 2.45) is 0 Å². The molecule has 9 heteroatoms. The lowest BCUT2D eigenvalue weighted by atomic mass is 10.0. The number of nitrogens with one attached hydrogen (secondary N) is 1. The van der Waals surface area contributed by atoms with Gasteiger partial charge in [-0.2, -0.15) is 10.2 Å². The van der Waals surface area contributed by atoms with Gasteiger partial charge in [0.05, 0.1) is 22.8 Å². The molecule has 0 unspecified atom stereocenters. The Morgan fingerprint density at radius 3 is 2.58 bits per heavy atom. The molecular formula is C29H28N6O3. The van der Waals surface area contributed by atoms with E-state index < -0.39 is 0 Å². The minimum absolute atomic E-state index is 0.0976. The fraction of sp³-hybridized carbons (Fsp3) is 0.207. The second-order valence-electron chi connectivity index (χ2n) is 9.09. The molecular weight excluding hydrogens is 480 g/mol. The average molecular weight is 509 g/mol. The topological polar surface area (TPSA) is 103 Å². The summed E-state index contributed by atoms with van der Waals surface area (Å²) in [6.07, 6.45) is 4.17. The number of benzene rings is 1. The highest BCUT2D eigenvalue weighted by atomic mass is 16.5. The van der Waals surface area contributed by atoms with Crippen LogP contribution in [0.4, 0.5) is 0 Å². The van der Waals surface area contributed by atoms with Crippen molar-refractivity contribution < 1.29 is 9.53 Å². The Labute approximate surface area is 219 Å². The molecule has 4 heterocycles. The van der Waals surface area contributed by atoms with Crippen LogP contribution in [-0.2, 0) is 11.2 Å². The zero-order chi connectivity index (χ0) is 26.5. The van der Waals surface area contributed by atoms with Gasteiger partial charge in [-0.25, -0.2) is 9.20 Å². The fourth-order valence-corrected chi connectivity index (χ4v) is 4.17. The minimum atomic E-state index is -0.217. The maximum Gasteiger partial charge on any atom is 0.267 e. The van der Waals surface area contributed by atoms with Crippen LogP contribution in [0, 0.1) is 0 Å². The second-order valence-corrected chi connectivity index (χ2v) is 9.09. The summed E-state index contributed by atoms with van der Waals surface area (Å²) in [5.41, 5.74) is 4.55. The second kappa shape index (κ2) is 11.1. The highest BCUT2D eigenvalue weighted by Crippen LogP contribution is 2.35. The summed E-state index contributed by atoms with van der Waals surface area (Å²) < 4.78 is 9.04. The number of hydrogen-bond donors (Lipinski definition) is 1. The third-order valence-corrected chi connectivity index (χ3v) is 6.02. The molecule has 0 aliphatic heterocycles. The first-order valence-corrected chi connectivity index (χ1v) is 12.5. The predicted molar refractivity (Wildman–Crippen MR) is 145 cm³/mol. The quantitative estimate of drug-likeness (QED) is 0.324. The van der Waals surface area contributed by atoms with Crippen LogP contribution in [0.2, 0.25) is 0 Å². The van der Waals surface area contributed by atoms with Crippen LogP contribution in [0.15, 0.2) is 90.0 Å². The lowest BCUT2D eigenvalue weighted by Gasteiger charge is -2.11. The van der Waals surface area contributed by atoms with Crippen LogP contribution in [0.3, 0.4) is 0 Å². The summed E-state index contributed by atoms with van der Waals surface area (Å²) >= 11 is 0. The fourth-order valence-electron chi connectivity index (χ4n) is 4.17. The van der Waals surface area contributed by atoms with Crippen molar-refractivity contribution in [2.75, 3.05) is 13.2 Å². The van der Waals surface area contributed by atoms with Crippen LogP contribution in [0.1, 0.15) is 25.6 Å². The molecule has 5 rings (SSSR count). The Kier molecular flexibility index (Phi) is 7.26. The van der Waals surface area contributed by atoms with Crippen LogP contribution >= 0.6 is 0 Å². The highest BCUT2D eigenvalue weighted by molar-refractivity contribution is 5.91. The van der Waals surface area contributed by atoms with Gasteiger partial charge in [0.1, 0.15) is 11.4 Å². The molecule has 4 aromatic heterocycles. The Morgan fingerprint density at radius 2 is 1.82 bits per heavy atom. The SMILES string of the molecule is CC(C)n1nc(-c2c(-c3ccccc3)nn3ccc(OCC(=O)NCCc4ccccn4)cc23)ccc1=O. The number of rotatable bonds is 9. The van der Waals surface area contributed by atoms with E-state index in [-0.39, 0.29) is 24.1 Å². The van der Waals surface area contributed by atoms with E-state index >= 15 is 0 Å². The number of aromatic nitrogens is 5. The average Bonchev–Trinajstić information content (AvgIpc) is 3.32. The zero-order valence-corrected chi connectivity index (χ0v) is 21.2. The lowest BCUT2D eigenvalue weighted by Crippen LogP contribution is -2.30. The van der Waals surface area contributed by atoms with Gasteiger partial charge in [-0.15, -0.1) is 0 Å². The van der Waals surface area contributed by atoms with E-state index in [2.05, 4.69) is 15.4 Å². The summed E-state index contributed by atoms with van der Waals surface area (Å²) in [4.78, 5) is 29.0. The van der Waals surface area contributed by atoms with Gasteiger partial charge in [-0.1, -0.05) is 36.4 Å². The summed E-state index contributed by atoms with van der Waals surface area (Å²) in [5.74, 6) is 0.306. The van der Waals surface area contributed by atoms with Crippen molar-refractivity contribution in [3.05, 3.63) is 101 Å². The van der Waals surface area contributed by atoms with Crippen molar-refractivity contribution in [3.63, 3.8) is 0 Å². The normalized spacial score (nSPS) is 11.1. The van der Waals surface area contributed by atoms with E-state index in [0.717, 1.165) is 28.0 Å². The van der Waals surface area contributed by atoms with Crippen LogP contribution in [0.25, 0.3) is 28.0 Å². The number of carbonyl (C=O) groups excluding carboxylic acids is 1. The standard InChI is InChI=1S/C29H28N6O3/c1-20(2)35-27(37)12-11-24(32-35)28-25-18-23(14-17-34(25)33-29(28)21-8-4-3-5-9-21)38-19-26(36)31-16-13-22-10-6-7-15-30-22/h3-12,14-15,17-18,20H,13,16,19H2,1-2H3,(H,31,36). The monoisotopic (exact) mass is 508 g/mol. The third-order valence-electron chi connectivity index (χ3n) is 6.02. The first kappa shape index (κ1) is 24.9. The Bertz CT molecular complexity index is 1610. The van der Waals surface area contributed by atoms with Gasteiger partial charge in [0.15, 0.2) is 6.61 Å². The molecule has 5 aromatic rings. The predicted octanol–water partition coefficient (Wildman–Crippen LogP) is 3.94. The largest absolute Gasteiger partial charge is 0.484 e. The molecule has 0 saturated carbocycles. The minimum Gasteiger partial charge on any atom is -0.484 e. The molecule has 9 nitrogen and oxygen atoms in total. The van der Waals surface area contributed by atoms with E-state index in [1.807, 2.05) is 68.4 Å². The molecule has 192 valence electrons. The van der Waals surface area contributed by atoms with Crippen molar-refractivity contribution in [1.82, 2.24) is 29.7 Å². The maximum atomic E-state index is 12.4. The molecule has 0 spiro atoms. The molecule has 0 atom stereocenters. The molecule has 1 N–H and O–H groups in total. The summed E-state index contributed by atoms with van der Waals surface area (Å²) in [6, 6.07) is 22.3. The first-order valence-electron chi connectivity index (χ1n) is 12.5. The van der Waals surface area contributed by atoms with Gasteiger partial charge in [0.2, 0.25) is 0 Å². The molecule has 0 aliphatic carbocycles. The number of fused-ring (bicyclic) bond motifs is 1. The molecule has 1 amide bonds. The molecule has 0 fully saturated rings. The van der Waals surface area contributed by atoms with E-state index in [1.165, 1.54) is 10.7 Å². The Hall–Kier alpha value is -4.79. The lowest BCUT2D eigenvalue weighted by molar-refractivity contribution is -0.123. The van der Waals surface area contributed by atoms with E-state index in [1.54, 1.807) is 29.0 Å². The molecule has 0 radical (unpaired) electrons. The van der Waals surface area contributed by atoms with Crippen molar-refractivity contribution in [1.29, 1.82) is 0 Å². The Morgan fingerprint density at radius 1 is 1.00 bits per heavy atom. The molecule has 38 heavy (non-hydrogen) atoms. The van der Waals surface area contributed by atoms with Gasteiger partial charge in [-0.05, 0) is 38.1 Å². The number of nitrogens with zero attached hydrogens (tertiary/aromatic N) is 5. The Balaban J connectivity index is 1.42. The molecule has 1 aromatic carbocycles. The van der Waals surface area contributed by atoms with Crippen LogP contribution in [-0.4, -0.2) is 43.4 Å².